The quantitative estimate of drug-likeness (QED) is 0.277. The summed E-state index contributed by atoms with van der Waals surface area (Å²) in [7, 11) is 0. The summed E-state index contributed by atoms with van der Waals surface area (Å²) in [4.78, 5) is 24.3. The van der Waals surface area contributed by atoms with Crippen molar-refractivity contribution in [2.75, 3.05) is 26.4 Å². The summed E-state index contributed by atoms with van der Waals surface area (Å²) in [5, 5.41) is 35.8. The fourth-order valence-corrected chi connectivity index (χ4v) is 2.52. The summed E-state index contributed by atoms with van der Waals surface area (Å²) in [6, 6.07) is 0. The highest BCUT2D eigenvalue weighted by Crippen LogP contribution is 2.40. The minimum absolute atomic E-state index is 0.391. The average molecular weight is 332 g/mol. The van der Waals surface area contributed by atoms with Crippen LogP contribution in [0, 0.1) is 11.8 Å². The summed E-state index contributed by atoms with van der Waals surface area (Å²) in [6.45, 7) is -1.88. The van der Waals surface area contributed by atoms with Crippen molar-refractivity contribution >= 4 is 11.9 Å². The van der Waals surface area contributed by atoms with E-state index in [1.54, 1.807) is 12.2 Å². The van der Waals surface area contributed by atoms with E-state index in [2.05, 4.69) is 0 Å². The molecule has 0 saturated carbocycles. The van der Waals surface area contributed by atoms with Gasteiger partial charge in [-0.25, -0.2) is 0 Å². The number of hydrogen-bond donors (Lipinski definition) is 4. The maximum absolute atomic E-state index is 12.1. The summed E-state index contributed by atoms with van der Waals surface area (Å²) >= 11 is 0. The second kappa shape index (κ2) is 7.84. The standard InChI is InChI=1S/C14H20O9/c15-3-7(17)5-21-13(19)11-9-1-2-10(23-9)12(11)14(20)22-6-8(18)4-16/h1-2,7-12,15-18H,3-6H2/t7?,8?,9-,10+,11-,12+. The van der Waals surface area contributed by atoms with Gasteiger partial charge in [-0.1, -0.05) is 12.2 Å². The Morgan fingerprint density at radius 1 is 0.913 bits per heavy atom. The lowest BCUT2D eigenvalue weighted by Crippen LogP contribution is -2.40. The van der Waals surface area contributed by atoms with E-state index in [9.17, 15) is 19.8 Å². The van der Waals surface area contributed by atoms with E-state index >= 15 is 0 Å². The molecule has 1 fully saturated rings. The van der Waals surface area contributed by atoms with Crippen LogP contribution >= 0.6 is 0 Å². The number of carbonyl (C=O) groups is 2. The second-order valence-electron chi connectivity index (χ2n) is 5.43. The third-order valence-corrected chi connectivity index (χ3v) is 3.70. The van der Waals surface area contributed by atoms with E-state index in [4.69, 9.17) is 24.4 Å². The maximum Gasteiger partial charge on any atom is 0.313 e. The van der Waals surface area contributed by atoms with Crippen LogP contribution in [0.1, 0.15) is 0 Å². The molecule has 23 heavy (non-hydrogen) atoms. The van der Waals surface area contributed by atoms with Crippen molar-refractivity contribution in [1.29, 1.82) is 0 Å². The molecule has 2 unspecified atom stereocenters. The van der Waals surface area contributed by atoms with Gasteiger partial charge in [0, 0.05) is 0 Å². The van der Waals surface area contributed by atoms with Crippen LogP contribution in [0.15, 0.2) is 12.2 Å². The number of hydrogen-bond acceptors (Lipinski definition) is 9. The van der Waals surface area contributed by atoms with Crippen LogP contribution < -0.4 is 0 Å². The van der Waals surface area contributed by atoms with Crippen LogP contribution in [-0.2, 0) is 23.8 Å². The van der Waals surface area contributed by atoms with Gasteiger partial charge in [-0.2, -0.15) is 0 Å². The second-order valence-corrected chi connectivity index (χ2v) is 5.43. The lowest BCUT2D eigenvalue weighted by atomic mass is 9.83. The first-order valence-electron chi connectivity index (χ1n) is 7.22. The van der Waals surface area contributed by atoms with Gasteiger partial charge >= 0.3 is 11.9 Å². The van der Waals surface area contributed by atoms with Crippen LogP contribution in [0.25, 0.3) is 0 Å². The van der Waals surface area contributed by atoms with Gasteiger partial charge in [0.25, 0.3) is 0 Å². The smallest absolute Gasteiger partial charge is 0.313 e. The molecule has 0 aromatic rings. The van der Waals surface area contributed by atoms with Gasteiger partial charge in [-0.15, -0.1) is 0 Å². The molecule has 0 radical (unpaired) electrons. The molecule has 0 aromatic carbocycles. The Bertz CT molecular complexity index is 423. The lowest BCUT2D eigenvalue weighted by Gasteiger charge is -2.23. The minimum atomic E-state index is -1.20. The predicted molar refractivity (Wildman–Crippen MR) is 72.9 cm³/mol. The number of aliphatic hydroxyl groups is 4. The van der Waals surface area contributed by atoms with E-state index in [0.29, 0.717) is 0 Å². The molecule has 2 bridgehead atoms. The number of ether oxygens (including phenoxy) is 3. The monoisotopic (exact) mass is 332 g/mol. The van der Waals surface area contributed by atoms with Gasteiger partial charge in [-0.05, 0) is 0 Å². The molecule has 0 spiro atoms. The largest absolute Gasteiger partial charge is 0.463 e. The zero-order valence-corrected chi connectivity index (χ0v) is 12.3. The molecule has 6 atom stereocenters. The average Bonchev–Trinajstić information content (AvgIpc) is 3.17. The summed E-state index contributed by atoms with van der Waals surface area (Å²) in [5.74, 6) is -3.32. The Morgan fingerprint density at radius 2 is 1.30 bits per heavy atom. The number of rotatable bonds is 8. The lowest BCUT2D eigenvalue weighted by molar-refractivity contribution is -0.163. The number of fused-ring (bicyclic) bond motifs is 2. The predicted octanol–water partition coefficient (Wildman–Crippen LogP) is -2.65. The first-order valence-corrected chi connectivity index (χ1v) is 7.22. The van der Waals surface area contributed by atoms with E-state index in [-0.39, 0.29) is 0 Å². The minimum Gasteiger partial charge on any atom is -0.463 e. The molecule has 0 aromatic heterocycles. The SMILES string of the molecule is O=C(OCC(O)CO)[C@@H]1[C@H](C(=O)OCC(O)CO)[C@H]2C=C[C@@H]1O2. The van der Waals surface area contributed by atoms with Crippen molar-refractivity contribution in [2.24, 2.45) is 11.8 Å². The van der Waals surface area contributed by atoms with Gasteiger partial charge in [0.1, 0.15) is 37.3 Å². The van der Waals surface area contributed by atoms with Crippen LogP contribution in [0.2, 0.25) is 0 Å². The number of aliphatic hydroxyl groups excluding tert-OH is 4. The molecule has 9 heteroatoms. The topological polar surface area (TPSA) is 143 Å². The van der Waals surface area contributed by atoms with Gasteiger partial charge in [-0.3, -0.25) is 9.59 Å². The Morgan fingerprint density at radius 3 is 1.65 bits per heavy atom. The van der Waals surface area contributed by atoms with Crippen LogP contribution in [0.5, 0.6) is 0 Å². The van der Waals surface area contributed by atoms with Gasteiger partial charge in [0.2, 0.25) is 0 Å². The summed E-state index contributed by atoms with van der Waals surface area (Å²) in [5.41, 5.74) is 0. The van der Waals surface area contributed by atoms with Crippen molar-refractivity contribution in [2.45, 2.75) is 24.4 Å². The highest BCUT2D eigenvalue weighted by Gasteiger charge is 2.54. The molecule has 2 aliphatic heterocycles. The molecular formula is C14H20O9. The van der Waals surface area contributed by atoms with Crippen LogP contribution in [0.4, 0.5) is 0 Å². The number of carbonyl (C=O) groups excluding carboxylic acids is 2. The number of esters is 2. The molecule has 2 aliphatic rings. The highest BCUT2D eigenvalue weighted by molar-refractivity contribution is 5.85. The fourth-order valence-electron chi connectivity index (χ4n) is 2.52. The molecule has 0 aliphatic carbocycles. The summed E-state index contributed by atoms with van der Waals surface area (Å²) in [6.07, 6.45) is -0.354. The maximum atomic E-state index is 12.1. The van der Waals surface area contributed by atoms with Gasteiger partial charge < -0.3 is 34.6 Å². The van der Waals surface area contributed by atoms with E-state index < -0.39 is 74.6 Å². The molecule has 4 N–H and O–H groups in total. The Labute approximate surface area is 132 Å². The molecular weight excluding hydrogens is 312 g/mol. The van der Waals surface area contributed by atoms with Crippen molar-refractivity contribution in [1.82, 2.24) is 0 Å². The Kier molecular flexibility index (Phi) is 6.08. The van der Waals surface area contributed by atoms with Crippen molar-refractivity contribution in [3.63, 3.8) is 0 Å². The first kappa shape index (κ1) is 17.8. The zero-order valence-electron chi connectivity index (χ0n) is 12.3. The van der Waals surface area contributed by atoms with Crippen LogP contribution in [-0.4, -0.2) is 83.2 Å². The van der Waals surface area contributed by atoms with E-state index in [0.717, 1.165) is 0 Å². The molecule has 130 valence electrons. The van der Waals surface area contributed by atoms with Crippen molar-refractivity contribution in [3.05, 3.63) is 12.2 Å². The molecule has 9 nitrogen and oxygen atoms in total. The third-order valence-electron chi connectivity index (χ3n) is 3.70. The summed E-state index contributed by atoms with van der Waals surface area (Å²) < 4.78 is 15.3. The Hall–Kier alpha value is -1.52. The van der Waals surface area contributed by atoms with Crippen molar-refractivity contribution < 1.29 is 44.2 Å². The molecule has 2 heterocycles. The van der Waals surface area contributed by atoms with Gasteiger partial charge in [0.05, 0.1) is 25.4 Å². The fraction of sp³-hybridized carbons (Fsp3) is 0.714. The van der Waals surface area contributed by atoms with Crippen LogP contribution in [0.3, 0.4) is 0 Å². The van der Waals surface area contributed by atoms with E-state index in [1.807, 2.05) is 0 Å². The highest BCUT2D eigenvalue weighted by atomic mass is 16.6. The normalized spacial score (nSPS) is 31.0. The first-order chi connectivity index (χ1) is 11.0. The van der Waals surface area contributed by atoms with E-state index in [1.165, 1.54) is 0 Å². The van der Waals surface area contributed by atoms with Gasteiger partial charge in [0.15, 0.2) is 0 Å². The Balaban J connectivity index is 1.98. The third kappa shape index (κ3) is 4.06. The molecule has 2 rings (SSSR count). The van der Waals surface area contributed by atoms with Crippen molar-refractivity contribution in [3.8, 4) is 0 Å². The molecule has 0 amide bonds. The molecule has 1 saturated heterocycles. The zero-order chi connectivity index (χ0) is 17.0.